The van der Waals surface area contributed by atoms with E-state index in [1.54, 1.807) is 6.07 Å². The van der Waals surface area contributed by atoms with Gasteiger partial charge in [0.2, 0.25) is 0 Å². The zero-order chi connectivity index (χ0) is 12.5. The third-order valence-corrected chi connectivity index (χ3v) is 4.74. The van der Waals surface area contributed by atoms with E-state index in [0.29, 0.717) is 10.5 Å². The number of nitrogens with one attached hydrogen (secondary N) is 2. The van der Waals surface area contributed by atoms with Crippen molar-refractivity contribution in [3.8, 4) is 0 Å². The summed E-state index contributed by atoms with van der Waals surface area (Å²) in [6.45, 7) is 0.940. The Morgan fingerprint density at radius 3 is 2.67 bits per heavy atom. The average molecular weight is 313 g/mol. The van der Waals surface area contributed by atoms with Crippen LogP contribution in [0.15, 0.2) is 16.6 Å². The van der Waals surface area contributed by atoms with Crippen molar-refractivity contribution < 1.29 is 4.39 Å². The monoisotopic (exact) mass is 312 g/mol. The molecule has 1 saturated carbocycles. The van der Waals surface area contributed by atoms with Crippen molar-refractivity contribution in [2.45, 2.75) is 38.1 Å². The molecule has 3 rings (SSSR count). The van der Waals surface area contributed by atoms with Crippen LogP contribution in [0.5, 0.6) is 0 Å². The topological polar surface area (TPSA) is 24.1 Å². The van der Waals surface area contributed by atoms with Gasteiger partial charge < -0.3 is 10.6 Å². The molecular weight excluding hydrogens is 295 g/mol. The Kier molecular flexibility index (Phi) is 3.46. The van der Waals surface area contributed by atoms with Crippen LogP contribution in [0.25, 0.3) is 0 Å². The molecule has 1 fully saturated rings. The fourth-order valence-electron chi connectivity index (χ4n) is 3.10. The van der Waals surface area contributed by atoms with E-state index in [9.17, 15) is 4.39 Å². The molecule has 1 atom stereocenters. The fourth-order valence-corrected chi connectivity index (χ4v) is 3.45. The number of rotatable bonds is 1. The van der Waals surface area contributed by atoms with Crippen molar-refractivity contribution in [1.82, 2.24) is 0 Å². The summed E-state index contributed by atoms with van der Waals surface area (Å²) in [4.78, 5) is 0. The highest BCUT2D eigenvalue weighted by molar-refractivity contribution is 9.10. The van der Waals surface area contributed by atoms with Gasteiger partial charge in [0, 0.05) is 18.7 Å². The number of hydrogen-bond donors (Lipinski definition) is 2. The molecule has 0 spiro atoms. The molecule has 1 unspecified atom stereocenters. The molecule has 98 valence electrons. The van der Waals surface area contributed by atoms with Gasteiger partial charge in [-0.1, -0.05) is 19.3 Å². The summed E-state index contributed by atoms with van der Waals surface area (Å²) in [7, 11) is 0. The minimum Gasteiger partial charge on any atom is -0.381 e. The number of benzene rings is 1. The molecular formula is C14H18BrFN2. The molecule has 0 amide bonds. The highest BCUT2D eigenvalue weighted by Gasteiger charge is 2.27. The van der Waals surface area contributed by atoms with Gasteiger partial charge in [0.1, 0.15) is 5.82 Å². The second kappa shape index (κ2) is 5.08. The Morgan fingerprint density at radius 2 is 1.89 bits per heavy atom. The Bertz CT molecular complexity index is 444. The number of hydrogen-bond acceptors (Lipinski definition) is 2. The normalized spacial score (nSPS) is 24.0. The minimum atomic E-state index is -0.202. The van der Waals surface area contributed by atoms with Gasteiger partial charge in [0.15, 0.2) is 0 Å². The second-order valence-corrected chi connectivity index (χ2v) is 6.20. The lowest BCUT2D eigenvalue weighted by atomic mass is 9.83. The number of halogens is 2. The summed E-state index contributed by atoms with van der Waals surface area (Å²) >= 11 is 3.22. The summed E-state index contributed by atoms with van der Waals surface area (Å²) in [6.07, 6.45) is 6.64. The summed E-state index contributed by atoms with van der Waals surface area (Å²) < 4.78 is 14.1. The van der Waals surface area contributed by atoms with Gasteiger partial charge in [-0.3, -0.25) is 0 Å². The third kappa shape index (κ3) is 2.35. The molecule has 18 heavy (non-hydrogen) atoms. The quantitative estimate of drug-likeness (QED) is 0.804. The van der Waals surface area contributed by atoms with Gasteiger partial charge in [-0.15, -0.1) is 0 Å². The van der Waals surface area contributed by atoms with E-state index in [4.69, 9.17) is 0 Å². The maximum atomic E-state index is 13.6. The lowest BCUT2D eigenvalue weighted by molar-refractivity contribution is 0.322. The van der Waals surface area contributed by atoms with Crippen molar-refractivity contribution in [3.05, 3.63) is 22.4 Å². The standard InChI is InChI=1S/C14H18BrFN2/c15-10-6-12-13(7-11(10)16)18-14(8-17-12)9-4-2-1-3-5-9/h6-7,9,14,17-18H,1-5,8H2. The van der Waals surface area contributed by atoms with Gasteiger partial charge in [-0.05, 0) is 40.8 Å². The Labute approximate surface area is 115 Å². The van der Waals surface area contributed by atoms with Crippen molar-refractivity contribution >= 4 is 27.3 Å². The molecule has 2 nitrogen and oxygen atoms in total. The molecule has 1 aliphatic carbocycles. The molecule has 0 radical (unpaired) electrons. The summed E-state index contributed by atoms with van der Waals surface area (Å²) in [6, 6.07) is 3.84. The van der Waals surface area contributed by atoms with E-state index in [2.05, 4.69) is 26.6 Å². The molecule has 1 aromatic rings. The van der Waals surface area contributed by atoms with Crippen molar-refractivity contribution in [2.24, 2.45) is 5.92 Å². The van der Waals surface area contributed by atoms with E-state index in [1.165, 1.54) is 32.1 Å². The molecule has 1 heterocycles. The first-order valence-electron chi connectivity index (χ1n) is 6.73. The van der Waals surface area contributed by atoms with Crippen LogP contribution >= 0.6 is 15.9 Å². The molecule has 0 aromatic heterocycles. The lowest BCUT2D eigenvalue weighted by Gasteiger charge is -2.36. The van der Waals surface area contributed by atoms with E-state index in [1.807, 2.05) is 6.07 Å². The van der Waals surface area contributed by atoms with E-state index in [0.717, 1.165) is 23.8 Å². The first-order valence-corrected chi connectivity index (χ1v) is 7.53. The largest absolute Gasteiger partial charge is 0.381 e. The van der Waals surface area contributed by atoms with Crippen LogP contribution in [-0.4, -0.2) is 12.6 Å². The highest BCUT2D eigenvalue weighted by Crippen LogP contribution is 2.35. The smallest absolute Gasteiger partial charge is 0.139 e. The molecule has 0 bridgehead atoms. The SMILES string of the molecule is Fc1cc2c(cc1Br)NCC(C1CCCCC1)N2. The average Bonchev–Trinajstić information content (AvgIpc) is 2.41. The maximum Gasteiger partial charge on any atom is 0.139 e. The van der Waals surface area contributed by atoms with Crippen LogP contribution in [0.4, 0.5) is 15.8 Å². The van der Waals surface area contributed by atoms with E-state index in [-0.39, 0.29) is 5.82 Å². The van der Waals surface area contributed by atoms with Crippen molar-refractivity contribution in [3.63, 3.8) is 0 Å². The van der Waals surface area contributed by atoms with Crippen LogP contribution in [0, 0.1) is 11.7 Å². The Balaban J connectivity index is 1.77. The van der Waals surface area contributed by atoms with Gasteiger partial charge in [-0.2, -0.15) is 0 Å². The van der Waals surface area contributed by atoms with Crippen LogP contribution in [-0.2, 0) is 0 Å². The van der Waals surface area contributed by atoms with Crippen LogP contribution in [0.3, 0.4) is 0 Å². The molecule has 1 aromatic carbocycles. The predicted molar refractivity (Wildman–Crippen MR) is 76.6 cm³/mol. The van der Waals surface area contributed by atoms with Crippen molar-refractivity contribution in [1.29, 1.82) is 0 Å². The summed E-state index contributed by atoms with van der Waals surface area (Å²) in [5.74, 6) is 0.526. The molecule has 0 saturated heterocycles. The highest BCUT2D eigenvalue weighted by atomic mass is 79.9. The van der Waals surface area contributed by atoms with E-state index < -0.39 is 0 Å². The molecule has 2 N–H and O–H groups in total. The molecule has 4 heteroatoms. The Hall–Kier alpha value is -0.770. The minimum absolute atomic E-state index is 0.202. The maximum absolute atomic E-state index is 13.6. The van der Waals surface area contributed by atoms with Gasteiger partial charge in [0.25, 0.3) is 0 Å². The zero-order valence-electron chi connectivity index (χ0n) is 10.3. The zero-order valence-corrected chi connectivity index (χ0v) is 11.9. The predicted octanol–water partition coefficient (Wildman–Crippen LogP) is 4.37. The number of fused-ring (bicyclic) bond motifs is 1. The van der Waals surface area contributed by atoms with Gasteiger partial charge >= 0.3 is 0 Å². The number of anilines is 2. The van der Waals surface area contributed by atoms with Crippen LogP contribution < -0.4 is 10.6 Å². The molecule has 2 aliphatic rings. The Morgan fingerprint density at radius 1 is 1.11 bits per heavy atom. The van der Waals surface area contributed by atoms with Gasteiger partial charge in [-0.25, -0.2) is 4.39 Å². The first kappa shape index (κ1) is 12.3. The lowest BCUT2D eigenvalue weighted by Crippen LogP contribution is -2.40. The fraction of sp³-hybridized carbons (Fsp3) is 0.571. The van der Waals surface area contributed by atoms with Crippen molar-refractivity contribution in [2.75, 3.05) is 17.2 Å². The summed E-state index contributed by atoms with van der Waals surface area (Å²) in [5, 5.41) is 6.93. The van der Waals surface area contributed by atoms with Crippen LogP contribution in [0.2, 0.25) is 0 Å². The third-order valence-electron chi connectivity index (χ3n) is 4.13. The second-order valence-electron chi connectivity index (χ2n) is 5.34. The molecule has 1 aliphatic heterocycles. The summed E-state index contributed by atoms with van der Waals surface area (Å²) in [5.41, 5.74) is 1.90. The van der Waals surface area contributed by atoms with Gasteiger partial charge in [0.05, 0.1) is 15.8 Å². The first-order chi connectivity index (χ1) is 8.74. The van der Waals surface area contributed by atoms with Crippen LogP contribution in [0.1, 0.15) is 32.1 Å². The van der Waals surface area contributed by atoms with E-state index >= 15 is 0 Å².